The summed E-state index contributed by atoms with van der Waals surface area (Å²) in [5.74, 6) is -0.634. The molecule has 29 heavy (non-hydrogen) atoms. The van der Waals surface area contributed by atoms with Crippen molar-refractivity contribution in [2.24, 2.45) is 0 Å². The summed E-state index contributed by atoms with van der Waals surface area (Å²) in [6, 6.07) is 12.0. The summed E-state index contributed by atoms with van der Waals surface area (Å²) >= 11 is 0. The summed E-state index contributed by atoms with van der Waals surface area (Å²) in [6.45, 7) is 3.26. The van der Waals surface area contributed by atoms with Crippen LogP contribution in [0.5, 0.6) is 5.75 Å². The number of ether oxygens (including phenoxy) is 1. The summed E-state index contributed by atoms with van der Waals surface area (Å²) in [4.78, 5) is 25.7. The molecule has 0 aliphatic carbocycles. The molecule has 2 aromatic carbocycles. The van der Waals surface area contributed by atoms with Crippen LogP contribution < -0.4 is 10.1 Å². The number of hydrogen-bond acceptors (Lipinski definition) is 3. The Morgan fingerprint density at radius 1 is 1.03 bits per heavy atom. The molecule has 0 spiro atoms. The molecule has 2 rings (SSSR count). The molecule has 0 bridgehead atoms. The molecule has 0 aliphatic heterocycles. The quantitative estimate of drug-likeness (QED) is 0.715. The number of rotatable bonds is 8. The molecular formula is C21H23F3N2O3. The lowest BCUT2D eigenvalue weighted by molar-refractivity contribution is -0.137. The van der Waals surface area contributed by atoms with Gasteiger partial charge in [0.1, 0.15) is 5.75 Å². The molecule has 8 heteroatoms. The molecule has 5 nitrogen and oxygen atoms in total. The van der Waals surface area contributed by atoms with Crippen LogP contribution in [-0.4, -0.2) is 36.4 Å². The number of benzene rings is 2. The van der Waals surface area contributed by atoms with E-state index < -0.39 is 23.6 Å². The number of amides is 2. The highest BCUT2D eigenvalue weighted by atomic mass is 19.4. The van der Waals surface area contributed by atoms with E-state index in [2.05, 4.69) is 5.32 Å². The average Bonchev–Trinajstić information content (AvgIpc) is 2.70. The molecule has 0 saturated heterocycles. The number of para-hydroxylation sites is 1. The predicted molar refractivity (Wildman–Crippen MR) is 104 cm³/mol. The minimum Gasteiger partial charge on any atom is -0.484 e. The molecule has 0 radical (unpaired) electrons. The van der Waals surface area contributed by atoms with Gasteiger partial charge in [0.2, 0.25) is 5.91 Å². The van der Waals surface area contributed by atoms with Crippen LogP contribution in [0.3, 0.4) is 0 Å². The molecule has 2 aromatic rings. The molecule has 156 valence electrons. The van der Waals surface area contributed by atoms with Crippen molar-refractivity contribution in [2.45, 2.75) is 26.4 Å². The summed E-state index contributed by atoms with van der Waals surface area (Å²) in [5, 5.41) is 2.23. The Bertz CT molecular complexity index is 836. The van der Waals surface area contributed by atoms with E-state index in [1.165, 1.54) is 23.1 Å². The number of anilines is 1. The zero-order valence-corrected chi connectivity index (χ0v) is 16.3. The van der Waals surface area contributed by atoms with Gasteiger partial charge < -0.3 is 15.0 Å². The molecule has 0 atom stereocenters. The first-order valence-corrected chi connectivity index (χ1v) is 9.20. The fraction of sp³-hybridized carbons (Fsp3) is 0.333. The Labute approximate surface area is 167 Å². The number of aryl methyl sites for hydroxylation is 1. The van der Waals surface area contributed by atoms with E-state index >= 15 is 0 Å². The highest BCUT2D eigenvalue weighted by Crippen LogP contribution is 2.34. The van der Waals surface area contributed by atoms with Gasteiger partial charge in [-0.1, -0.05) is 31.2 Å². The number of carbonyl (C=O) groups excluding carboxylic acids is 2. The van der Waals surface area contributed by atoms with E-state index in [1.807, 2.05) is 19.1 Å². The second-order valence-corrected chi connectivity index (χ2v) is 6.29. The zero-order valence-electron chi connectivity index (χ0n) is 16.3. The zero-order chi connectivity index (χ0) is 21.4. The number of nitrogens with zero attached hydrogens (tertiary/aromatic N) is 1. The van der Waals surface area contributed by atoms with Crippen molar-refractivity contribution in [2.75, 3.05) is 25.0 Å². The third kappa shape index (κ3) is 6.51. The van der Waals surface area contributed by atoms with E-state index in [1.54, 1.807) is 19.1 Å². The van der Waals surface area contributed by atoms with Gasteiger partial charge in [-0.25, -0.2) is 0 Å². The van der Waals surface area contributed by atoms with Gasteiger partial charge in [-0.2, -0.15) is 13.2 Å². The monoisotopic (exact) mass is 408 g/mol. The Hall–Kier alpha value is -3.03. The van der Waals surface area contributed by atoms with Crippen molar-refractivity contribution in [3.8, 4) is 5.75 Å². The van der Waals surface area contributed by atoms with Gasteiger partial charge in [-0.05, 0) is 43.2 Å². The van der Waals surface area contributed by atoms with E-state index in [0.29, 0.717) is 5.75 Å². The van der Waals surface area contributed by atoms with Gasteiger partial charge in [0.15, 0.2) is 6.61 Å². The fourth-order valence-corrected chi connectivity index (χ4v) is 2.64. The van der Waals surface area contributed by atoms with Crippen LogP contribution in [0.15, 0.2) is 48.5 Å². The maximum Gasteiger partial charge on any atom is 0.418 e. The van der Waals surface area contributed by atoms with Crippen molar-refractivity contribution in [1.82, 2.24) is 4.90 Å². The van der Waals surface area contributed by atoms with Gasteiger partial charge in [0.25, 0.3) is 5.91 Å². The molecule has 0 aromatic heterocycles. The first-order valence-electron chi connectivity index (χ1n) is 9.20. The molecule has 0 aliphatic rings. The van der Waals surface area contributed by atoms with Crippen molar-refractivity contribution in [3.63, 3.8) is 0 Å². The number of likely N-dealkylation sites (N-methyl/N-ethyl adjacent to an activating group) is 1. The topological polar surface area (TPSA) is 58.6 Å². The standard InChI is InChI=1S/C21H23F3N2O3/c1-3-15-9-11-16(12-10-15)29-14-20(28)26(4-2)13-19(27)25-18-8-6-5-7-17(18)21(22,23)24/h5-12H,3-4,13-14H2,1-2H3,(H,25,27). The van der Waals surface area contributed by atoms with Crippen molar-refractivity contribution >= 4 is 17.5 Å². The lowest BCUT2D eigenvalue weighted by Gasteiger charge is -2.21. The highest BCUT2D eigenvalue weighted by Gasteiger charge is 2.33. The first-order chi connectivity index (χ1) is 13.7. The number of hydrogen-bond donors (Lipinski definition) is 1. The highest BCUT2D eigenvalue weighted by molar-refractivity contribution is 5.95. The van der Waals surface area contributed by atoms with Crippen LogP contribution in [0.25, 0.3) is 0 Å². The minimum absolute atomic E-state index is 0.214. The Kier molecular flexibility index (Phi) is 7.64. The van der Waals surface area contributed by atoms with E-state index in [-0.39, 0.29) is 25.4 Å². The summed E-state index contributed by atoms with van der Waals surface area (Å²) in [5.41, 5.74) is -0.156. The third-order valence-electron chi connectivity index (χ3n) is 4.27. The summed E-state index contributed by atoms with van der Waals surface area (Å²) in [6.07, 6.45) is -3.71. The molecule has 0 saturated carbocycles. The maximum absolute atomic E-state index is 13.0. The average molecular weight is 408 g/mol. The largest absolute Gasteiger partial charge is 0.484 e. The third-order valence-corrected chi connectivity index (χ3v) is 4.27. The Morgan fingerprint density at radius 3 is 2.28 bits per heavy atom. The molecule has 1 N–H and O–H groups in total. The molecule has 2 amide bonds. The van der Waals surface area contributed by atoms with Crippen LogP contribution in [0.2, 0.25) is 0 Å². The Balaban J connectivity index is 1.94. The minimum atomic E-state index is -4.59. The maximum atomic E-state index is 13.0. The van der Waals surface area contributed by atoms with Crippen molar-refractivity contribution in [1.29, 1.82) is 0 Å². The lowest BCUT2D eigenvalue weighted by atomic mass is 10.1. The molecule has 0 heterocycles. The normalized spacial score (nSPS) is 11.1. The predicted octanol–water partition coefficient (Wildman–Crippen LogP) is 4.13. The van der Waals surface area contributed by atoms with Crippen LogP contribution in [-0.2, 0) is 22.2 Å². The van der Waals surface area contributed by atoms with Crippen LogP contribution in [0, 0.1) is 0 Å². The van der Waals surface area contributed by atoms with Gasteiger partial charge in [-0.15, -0.1) is 0 Å². The first kappa shape index (κ1) is 22.3. The van der Waals surface area contributed by atoms with E-state index in [4.69, 9.17) is 4.74 Å². The smallest absolute Gasteiger partial charge is 0.418 e. The Morgan fingerprint density at radius 2 is 1.69 bits per heavy atom. The molecular weight excluding hydrogens is 385 g/mol. The fourth-order valence-electron chi connectivity index (χ4n) is 2.64. The van der Waals surface area contributed by atoms with Gasteiger partial charge >= 0.3 is 6.18 Å². The van der Waals surface area contributed by atoms with Crippen LogP contribution >= 0.6 is 0 Å². The van der Waals surface area contributed by atoms with Crippen molar-refractivity contribution < 1.29 is 27.5 Å². The molecule has 0 unspecified atom stereocenters. The summed E-state index contributed by atoms with van der Waals surface area (Å²) in [7, 11) is 0. The van der Waals surface area contributed by atoms with Crippen molar-refractivity contribution in [3.05, 3.63) is 59.7 Å². The number of alkyl halides is 3. The van der Waals surface area contributed by atoms with Gasteiger partial charge in [-0.3, -0.25) is 9.59 Å². The number of nitrogens with one attached hydrogen (secondary N) is 1. The van der Waals surface area contributed by atoms with Crippen LogP contribution in [0.1, 0.15) is 25.0 Å². The number of carbonyl (C=O) groups is 2. The van der Waals surface area contributed by atoms with E-state index in [0.717, 1.165) is 18.1 Å². The van der Waals surface area contributed by atoms with Gasteiger partial charge in [0.05, 0.1) is 17.8 Å². The number of halogens is 3. The SMILES string of the molecule is CCc1ccc(OCC(=O)N(CC)CC(=O)Nc2ccccc2C(F)(F)F)cc1. The molecule has 0 fully saturated rings. The van der Waals surface area contributed by atoms with E-state index in [9.17, 15) is 22.8 Å². The van der Waals surface area contributed by atoms with Crippen LogP contribution in [0.4, 0.5) is 18.9 Å². The second-order valence-electron chi connectivity index (χ2n) is 6.29. The van der Waals surface area contributed by atoms with Gasteiger partial charge in [0, 0.05) is 6.54 Å². The lowest BCUT2D eigenvalue weighted by Crippen LogP contribution is -2.40. The summed E-state index contributed by atoms with van der Waals surface area (Å²) < 4.78 is 44.5. The second kappa shape index (κ2) is 9.95.